The van der Waals surface area contributed by atoms with Crippen molar-refractivity contribution in [2.24, 2.45) is 5.73 Å². The number of benzene rings is 1. The number of nitrogens with one attached hydrogen (secondary N) is 1. The molecular weight excluding hydrogens is 284 g/mol. The molecule has 6 heteroatoms. The van der Waals surface area contributed by atoms with Crippen LogP contribution in [-0.4, -0.2) is 38.8 Å². The number of ether oxygens (including phenoxy) is 3. The molecule has 1 amide bonds. The zero-order valence-corrected chi connectivity index (χ0v) is 13.8. The predicted molar refractivity (Wildman–Crippen MR) is 85.6 cm³/mol. The van der Waals surface area contributed by atoms with E-state index in [1.165, 1.54) is 0 Å². The van der Waals surface area contributed by atoms with Crippen molar-refractivity contribution in [3.8, 4) is 17.2 Å². The molecule has 1 atom stereocenters. The molecular formula is C16H26N2O4. The minimum atomic E-state index is -0.839. The zero-order chi connectivity index (χ0) is 16.6. The quantitative estimate of drug-likeness (QED) is 0.679. The van der Waals surface area contributed by atoms with Gasteiger partial charge in [0.05, 0.1) is 26.3 Å². The molecule has 0 bridgehead atoms. The van der Waals surface area contributed by atoms with Crippen LogP contribution >= 0.6 is 0 Å². The van der Waals surface area contributed by atoms with Crippen LogP contribution in [0.3, 0.4) is 0 Å². The van der Waals surface area contributed by atoms with Gasteiger partial charge in [0.2, 0.25) is 5.91 Å². The average molecular weight is 310 g/mol. The van der Waals surface area contributed by atoms with E-state index in [2.05, 4.69) is 5.32 Å². The van der Waals surface area contributed by atoms with Gasteiger partial charge in [-0.25, -0.2) is 0 Å². The van der Waals surface area contributed by atoms with Gasteiger partial charge >= 0.3 is 0 Å². The fraction of sp³-hybridized carbons (Fsp3) is 0.562. The summed E-state index contributed by atoms with van der Waals surface area (Å²) in [5.41, 5.74) is 5.11. The average Bonchev–Trinajstić information content (AvgIpc) is 2.50. The first-order valence-electron chi connectivity index (χ1n) is 7.36. The molecule has 0 aliphatic carbocycles. The normalized spacial score (nSPS) is 13.1. The zero-order valence-electron chi connectivity index (χ0n) is 13.8. The molecule has 0 saturated carbocycles. The summed E-state index contributed by atoms with van der Waals surface area (Å²) in [5, 5.41) is 2.78. The van der Waals surface area contributed by atoms with Gasteiger partial charge < -0.3 is 25.3 Å². The van der Waals surface area contributed by atoms with E-state index >= 15 is 0 Å². The Morgan fingerprint density at radius 1 is 1.18 bits per heavy atom. The summed E-state index contributed by atoms with van der Waals surface area (Å²) < 4.78 is 15.9. The molecule has 3 N–H and O–H groups in total. The summed E-state index contributed by atoms with van der Waals surface area (Å²) in [6.45, 7) is 4.45. The van der Waals surface area contributed by atoms with Gasteiger partial charge in [-0.15, -0.1) is 0 Å². The third kappa shape index (κ3) is 5.44. The molecule has 0 radical (unpaired) electrons. The minimum absolute atomic E-state index is 0.166. The maximum absolute atomic E-state index is 11.9. The fourth-order valence-corrected chi connectivity index (χ4v) is 2.03. The van der Waals surface area contributed by atoms with E-state index in [1.807, 2.05) is 6.92 Å². The molecule has 6 nitrogen and oxygen atoms in total. The molecule has 1 aromatic carbocycles. The second kappa shape index (κ2) is 8.48. The smallest absolute Gasteiger partial charge is 0.239 e. The maximum Gasteiger partial charge on any atom is 0.239 e. The number of amides is 1. The number of hydrogen-bond donors (Lipinski definition) is 2. The lowest BCUT2D eigenvalue weighted by atomic mass is 9.97. The first-order chi connectivity index (χ1) is 10.4. The molecule has 124 valence electrons. The van der Waals surface area contributed by atoms with Crippen molar-refractivity contribution >= 4 is 5.91 Å². The van der Waals surface area contributed by atoms with Crippen molar-refractivity contribution < 1.29 is 19.0 Å². The first-order valence-corrected chi connectivity index (χ1v) is 7.36. The van der Waals surface area contributed by atoms with Crippen molar-refractivity contribution in [1.82, 2.24) is 5.32 Å². The number of nitrogens with two attached hydrogens (primary N) is 1. The van der Waals surface area contributed by atoms with E-state index in [0.29, 0.717) is 36.8 Å². The van der Waals surface area contributed by atoms with E-state index in [-0.39, 0.29) is 5.91 Å². The Morgan fingerprint density at radius 3 is 2.23 bits per heavy atom. The molecule has 0 saturated heterocycles. The van der Waals surface area contributed by atoms with Crippen LogP contribution in [0.1, 0.15) is 26.7 Å². The van der Waals surface area contributed by atoms with E-state index < -0.39 is 5.54 Å². The summed E-state index contributed by atoms with van der Waals surface area (Å²) in [5.74, 6) is 1.75. The highest BCUT2D eigenvalue weighted by Crippen LogP contribution is 2.27. The Morgan fingerprint density at radius 2 is 1.73 bits per heavy atom. The van der Waals surface area contributed by atoms with Gasteiger partial charge in [0, 0.05) is 18.2 Å². The molecule has 22 heavy (non-hydrogen) atoms. The highest BCUT2D eigenvalue weighted by atomic mass is 16.5. The largest absolute Gasteiger partial charge is 0.496 e. The Balaban J connectivity index is 2.46. The molecule has 0 fully saturated rings. The van der Waals surface area contributed by atoms with Crippen molar-refractivity contribution in [2.75, 3.05) is 27.4 Å². The summed E-state index contributed by atoms with van der Waals surface area (Å²) in [7, 11) is 3.16. The summed E-state index contributed by atoms with van der Waals surface area (Å²) >= 11 is 0. The second-order valence-corrected chi connectivity index (χ2v) is 5.32. The topological polar surface area (TPSA) is 82.8 Å². The van der Waals surface area contributed by atoms with Crippen molar-refractivity contribution in [1.29, 1.82) is 0 Å². The van der Waals surface area contributed by atoms with Crippen LogP contribution in [0.5, 0.6) is 17.2 Å². The first kappa shape index (κ1) is 18.1. The van der Waals surface area contributed by atoms with Gasteiger partial charge in [-0.3, -0.25) is 4.79 Å². The number of methoxy groups -OCH3 is 2. The van der Waals surface area contributed by atoms with Gasteiger partial charge in [-0.2, -0.15) is 0 Å². The van der Waals surface area contributed by atoms with Crippen LogP contribution < -0.4 is 25.3 Å². The van der Waals surface area contributed by atoms with Gasteiger partial charge in [-0.05, 0) is 13.3 Å². The number of hydrogen-bond acceptors (Lipinski definition) is 5. The van der Waals surface area contributed by atoms with E-state index in [4.69, 9.17) is 19.9 Å². The molecule has 1 rings (SSSR count). The van der Waals surface area contributed by atoms with E-state index in [1.54, 1.807) is 39.3 Å². The third-order valence-corrected chi connectivity index (χ3v) is 3.27. The predicted octanol–water partition coefficient (Wildman–Crippen LogP) is 1.72. The highest BCUT2D eigenvalue weighted by molar-refractivity contribution is 5.85. The standard InChI is InChI=1S/C16H26N2O4/c1-5-6-16(2,17)15(19)18-7-8-22-14-10-12(20-3)9-13(11-14)21-4/h9-11H,5-8,17H2,1-4H3,(H,18,19). The van der Waals surface area contributed by atoms with E-state index in [9.17, 15) is 4.79 Å². The van der Waals surface area contributed by atoms with Crippen LogP contribution in [0.2, 0.25) is 0 Å². The summed E-state index contributed by atoms with van der Waals surface area (Å²) in [4.78, 5) is 11.9. The Labute approximate surface area is 131 Å². The molecule has 0 heterocycles. The lowest BCUT2D eigenvalue weighted by Gasteiger charge is -2.22. The number of carbonyl (C=O) groups is 1. The van der Waals surface area contributed by atoms with Crippen LogP contribution in [-0.2, 0) is 4.79 Å². The molecule has 0 spiro atoms. The van der Waals surface area contributed by atoms with Gasteiger partial charge in [-0.1, -0.05) is 13.3 Å². The summed E-state index contributed by atoms with van der Waals surface area (Å²) in [6, 6.07) is 5.28. The van der Waals surface area contributed by atoms with Crippen LogP contribution in [0.25, 0.3) is 0 Å². The SMILES string of the molecule is CCCC(C)(N)C(=O)NCCOc1cc(OC)cc(OC)c1. The Hall–Kier alpha value is -1.95. The van der Waals surface area contributed by atoms with Crippen LogP contribution in [0.4, 0.5) is 0 Å². The third-order valence-electron chi connectivity index (χ3n) is 3.27. The summed E-state index contributed by atoms with van der Waals surface area (Å²) in [6.07, 6.45) is 1.51. The second-order valence-electron chi connectivity index (χ2n) is 5.32. The Bertz CT molecular complexity index is 467. The molecule has 1 aromatic rings. The van der Waals surface area contributed by atoms with Crippen molar-refractivity contribution in [3.05, 3.63) is 18.2 Å². The minimum Gasteiger partial charge on any atom is -0.496 e. The van der Waals surface area contributed by atoms with E-state index in [0.717, 1.165) is 6.42 Å². The lowest BCUT2D eigenvalue weighted by Crippen LogP contribution is -2.52. The van der Waals surface area contributed by atoms with Crippen LogP contribution in [0.15, 0.2) is 18.2 Å². The molecule has 0 aliphatic rings. The maximum atomic E-state index is 11.9. The van der Waals surface area contributed by atoms with Gasteiger partial charge in [0.25, 0.3) is 0 Å². The number of carbonyl (C=O) groups excluding carboxylic acids is 1. The van der Waals surface area contributed by atoms with Crippen molar-refractivity contribution in [2.45, 2.75) is 32.2 Å². The molecule has 0 aromatic heterocycles. The van der Waals surface area contributed by atoms with Crippen molar-refractivity contribution in [3.63, 3.8) is 0 Å². The van der Waals surface area contributed by atoms with Gasteiger partial charge in [0.1, 0.15) is 23.9 Å². The number of rotatable bonds is 9. The molecule has 1 unspecified atom stereocenters. The van der Waals surface area contributed by atoms with Gasteiger partial charge in [0.15, 0.2) is 0 Å². The Kier molecular flexibility index (Phi) is 6.98. The molecule has 0 aliphatic heterocycles. The van der Waals surface area contributed by atoms with Crippen LogP contribution in [0, 0.1) is 0 Å². The fourth-order valence-electron chi connectivity index (χ4n) is 2.03. The lowest BCUT2D eigenvalue weighted by molar-refractivity contribution is -0.126. The highest BCUT2D eigenvalue weighted by Gasteiger charge is 2.26. The monoisotopic (exact) mass is 310 g/mol.